The molecular formula is C22H24N2O5S. The Morgan fingerprint density at radius 3 is 2.63 bits per heavy atom. The molecule has 1 aromatic heterocycles. The van der Waals surface area contributed by atoms with Crippen molar-refractivity contribution in [1.29, 1.82) is 0 Å². The second-order valence-corrected chi connectivity index (χ2v) is 8.98. The topological polar surface area (TPSA) is 90.7 Å². The van der Waals surface area contributed by atoms with Gasteiger partial charge in [-0.2, -0.15) is 4.98 Å². The highest BCUT2D eigenvalue weighted by Crippen LogP contribution is 2.37. The molecule has 1 aliphatic rings. The molecule has 0 unspecified atom stereocenters. The molecule has 3 aromatic rings. The molecule has 1 N–H and O–H groups in total. The van der Waals surface area contributed by atoms with Crippen molar-refractivity contribution >= 4 is 15.7 Å². The van der Waals surface area contributed by atoms with E-state index in [-0.39, 0.29) is 21.7 Å². The Morgan fingerprint density at radius 2 is 1.87 bits per heavy atom. The van der Waals surface area contributed by atoms with Gasteiger partial charge in [-0.05, 0) is 37.6 Å². The van der Waals surface area contributed by atoms with Gasteiger partial charge in [-0.15, -0.1) is 0 Å². The van der Waals surface area contributed by atoms with Gasteiger partial charge in [0.15, 0.2) is 11.5 Å². The minimum atomic E-state index is -3.94. The predicted molar refractivity (Wildman–Crippen MR) is 113 cm³/mol. The smallest absolute Gasteiger partial charge is 0.233 e. The number of aryl methyl sites for hydroxylation is 1. The van der Waals surface area contributed by atoms with Crippen LogP contribution in [0.25, 0.3) is 11.5 Å². The van der Waals surface area contributed by atoms with Crippen molar-refractivity contribution in [3.63, 3.8) is 0 Å². The van der Waals surface area contributed by atoms with Gasteiger partial charge in [0.1, 0.15) is 13.2 Å². The summed E-state index contributed by atoms with van der Waals surface area (Å²) < 4.78 is 43.8. The first-order chi connectivity index (χ1) is 14.5. The molecule has 0 saturated carbocycles. The summed E-state index contributed by atoms with van der Waals surface area (Å²) in [6.45, 7) is 5.42. The molecule has 2 aromatic carbocycles. The molecule has 2 heterocycles. The summed E-state index contributed by atoms with van der Waals surface area (Å²) in [5.74, 6) is 1.34. The van der Waals surface area contributed by atoms with Crippen molar-refractivity contribution in [3.8, 4) is 23.0 Å². The fraction of sp³-hybridized carbons (Fsp3) is 0.318. The molecule has 30 heavy (non-hydrogen) atoms. The van der Waals surface area contributed by atoms with E-state index < -0.39 is 9.84 Å². The van der Waals surface area contributed by atoms with Crippen LogP contribution in [0, 0.1) is 6.92 Å². The van der Waals surface area contributed by atoms with Gasteiger partial charge in [0, 0.05) is 18.2 Å². The maximum atomic E-state index is 13.4. The first kappa shape index (κ1) is 20.3. The van der Waals surface area contributed by atoms with Gasteiger partial charge in [-0.3, -0.25) is 0 Å². The number of unbranched alkanes of at least 4 members (excludes halogenated alkanes) is 1. The van der Waals surface area contributed by atoms with Crippen molar-refractivity contribution in [2.24, 2.45) is 0 Å². The lowest BCUT2D eigenvalue weighted by Crippen LogP contribution is -2.16. The second kappa shape index (κ2) is 8.39. The molecule has 0 fully saturated rings. The van der Waals surface area contributed by atoms with Crippen LogP contribution in [0.1, 0.15) is 25.3 Å². The summed E-state index contributed by atoms with van der Waals surface area (Å²) in [4.78, 5) is 4.45. The highest BCUT2D eigenvalue weighted by molar-refractivity contribution is 7.91. The lowest BCUT2D eigenvalue weighted by atomic mass is 10.1. The van der Waals surface area contributed by atoms with Crippen LogP contribution in [0.15, 0.2) is 56.8 Å². The fourth-order valence-corrected chi connectivity index (χ4v) is 4.48. The van der Waals surface area contributed by atoms with Gasteiger partial charge in [0.05, 0.1) is 4.90 Å². The Morgan fingerprint density at radius 1 is 1.07 bits per heavy atom. The Bertz CT molecular complexity index is 1150. The van der Waals surface area contributed by atoms with Crippen LogP contribution < -0.4 is 14.8 Å². The predicted octanol–water partition coefficient (Wildman–Crippen LogP) is 4.47. The van der Waals surface area contributed by atoms with Gasteiger partial charge in [-0.1, -0.05) is 31.0 Å². The van der Waals surface area contributed by atoms with Crippen LogP contribution in [-0.4, -0.2) is 33.2 Å². The molecule has 0 amide bonds. The van der Waals surface area contributed by atoms with Crippen LogP contribution in [0.2, 0.25) is 0 Å². The van der Waals surface area contributed by atoms with E-state index in [0.29, 0.717) is 31.3 Å². The highest BCUT2D eigenvalue weighted by Gasteiger charge is 2.30. The largest absolute Gasteiger partial charge is 0.486 e. The van der Waals surface area contributed by atoms with E-state index in [2.05, 4.69) is 17.2 Å². The maximum Gasteiger partial charge on any atom is 0.233 e. The highest BCUT2D eigenvalue weighted by atomic mass is 32.2. The lowest BCUT2D eigenvalue weighted by molar-refractivity contribution is 0.171. The Hall–Kier alpha value is -3.00. The number of nitrogens with zero attached hydrogens (tertiary/aromatic N) is 1. The summed E-state index contributed by atoms with van der Waals surface area (Å²) in [5, 5.41) is 2.96. The third-order valence-electron chi connectivity index (χ3n) is 4.76. The minimum Gasteiger partial charge on any atom is -0.486 e. The molecular weight excluding hydrogens is 404 g/mol. The zero-order valence-corrected chi connectivity index (χ0v) is 17.8. The van der Waals surface area contributed by atoms with Gasteiger partial charge in [0.2, 0.25) is 26.6 Å². The van der Waals surface area contributed by atoms with Gasteiger partial charge in [0.25, 0.3) is 0 Å². The monoisotopic (exact) mass is 428 g/mol. The summed E-state index contributed by atoms with van der Waals surface area (Å²) >= 11 is 0. The molecule has 0 radical (unpaired) electrons. The van der Waals surface area contributed by atoms with Crippen molar-refractivity contribution in [3.05, 3.63) is 48.0 Å². The first-order valence-corrected chi connectivity index (χ1v) is 11.4. The molecule has 0 bridgehead atoms. The zero-order valence-electron chi connectivity index (χ0n) is 17.0. The number of benzene rings is 2. The molecule has 0 atom stereocenters. The lowest BCUT2D eigenvalue weighted by Gasteiger charge is -2.18. The zero-order chi connectivity index (χ0) is 21.1. The van der Waals surface area contributed by atoms with E-state index in [1.54, 1.807) is 6.07 Å². The summed E-state index contributed by atoms with van der Waals surface area (Å²) in [6, 6.07) is 12.2. The molecule has 8 heteroatoms. The average Bonchev–Trinajstić information content (AvgIpc) is 3.19. The third kappa shape index (κ3) is 4.00. The van der Waals surface area contributed by atoms with E-state index >= 15 is 0 Å². The van der Waals surface area contributed by atoms with E-state index in [1.165, 1.54) is 12.1 Å². The number of fused-ring (bicyclic) bond motifs is 1. The number of aromatic nitrogens is 1. The Kier molecular flexibility index (Phi) is 5.67. The first-order valence-electron chi connectivity index (χ1n) is 9.95. The van der Waals surface area contributed by atoms with Gasteiger partial charge in [-0.25, -0.2) is 8.42 Å². The van der Waals surface area contributed by atoms with Crippen LogP contribution in [0.4, 0.5) is 5.88 Å². The third-order valence-corrected chi connectivity index (χ3v) is 6.42. The van der Waals surface area contributed by atoms with Crippen molar-refractivity contribution in [2.75, 3.05) is 25.1 Å². The Balaban J connectivity index is 1.77. The normalized spacial score (nSPS) is 13.3. The van der Waals surface area contributed by atoms with E-state index in [9.17, 15) is 8.42 Å². The van der Waals surface area contributed by atoms with Crippen molar-refractivity contribution in [1.82, 2.24) is 4.98 Å². The van der Waals surface area contributed by atoms with Crippen LogP contribution in [0.3, 0.4) is 0 Å². The number of ether oxygens (including phenoxy) is 2. The van der Waals surface area contributed by atoms with Gasteiger partial charge >= 0.3 is 0 Å². The van der Waals surface area contributed by atoms with Crippen molar-refractivity contribution in [2.45, 2.75) is 36.6 Å². The Labute approximate surface area is 176 Å². The van der Waals surface area contributed by atoms with E-state index in [0.717, 1.165) is 24.0 Å². The molecule has 0 spiro atoms. The summed E-state index contributed by atoms with van der Waals surface area (Å²) in [7, 11) is -3.94. The van der Waals surface area contributed by atoms with Crippen LogP contribution >= 0.6 is 0 Å². The number of hydrogen-bond donors (Lipinski definition) is 1. The van der Waals surface area contributed by atoms with Gasteiger partial charge < -0.3 is 19.2 Å². The summed E-state index contributed by atoms with van der Waals surface area (Å²) in [5.41, 5.74) is 1.75. The minimum absolute atomic E-state index is 0.0781. The fourth-order valence-electron chi connectivity index (χ4n) is 3.18. The average molecular weight is 429 g/mol. The maximum absolute atomic E-state index is 13.4. The second-order valence-electron chi connectivity index (χ2n) is 7.11. The van der Waals surface area contributed by atoms with Crippen molar-refractivity contribution < 1.29 is 22.3 Å². The quantitative estimate of drug-likeness (QED) is 0.555. The standard InChI is InChI=1S/C22H24N2O5S/c1-3-4-10-23-21-22(24-20(29-21)16-7-5-6-15(2)13-16)30(25,26)17-8-9-18-19(14-17)28-12-11-27-18/h5-9,13-14,23H,3-4,10-12H2,1-2H3. The molecule has 0 saturated heterocycles. The molecule has 0 aliphatic carbocycles. The number of nitrogens with one attached hydrogen (secondary N) is 1. The van der Waals surface area contributed by atoms with Crippen LogP contribution in [0.5, 0.6) is 11.5 Å². The van der Waals surface area contributed by atoms with E-state index in [4.69, 9.17) is 13.9 Å². The summed E-state index contributed by atoms with van der Waals surface area (Å²) in [6.07, 6.45) is 1.85. The molecule has 4 rings (SSSR count). The number of oxazole rings is 1. The SMILES string of the molecule is CCCCNc1oc(-c2cccc(C)c2)nc1S(=O)(=O)c1ccc2c(c1)OCCO2. The molecule has 158 valence electrons. The molecule has 7 nitrogen and oxygen atoms in total. The number of hydrogen-bond acceptors (Lipinski definition) is 7. The number of rotatable bonds is 7. The number of sulfone groups is 1. The van der Waals surface area contributed by atoms with E-state index in [1.807, 2.05) is 31.2 Å². The number of anilines is 1. The van der Waals surface area contributed by atoms with Crippen LogP contribution in [-0.2, 0) is 9.84 Å². The molecule has 1 aliphatic heterocycles.